The topological polar surface area (TPSA) is 86.8 Å². The Bertz CT molecular complexity index is 1710. The van der Waals surface area contributed by atoms with Crippen molar-refractivity contribution in [2.24, 2.45) is 0 Å². The summed E-state index contributed by atoms with van der Waals surface area (Å²) in [4.78, 5) is 29.9. The van der Waals surface area contributed by atoms with Crippen LogP contribution in [0, 0.1) is 0 Å². The first-order valence-electron chi connectivity index (χ1n) is 14.4. The summed E-state index contributed by atoms with van der Waals surface area (Å²) in [5.41, 5.74) is 1.69. The molecular formula is C34H34BrCl2N3O4S. The summed E-state index contributed by atoms with van der Waals surface area (Å²) >= 11 is 16.1. The number of benzene rings is 4. The van der Waals surface area contributed by atoms with Gasteiger partial charge in [-0.15, -0.1) is 0 Å². The number of anilines is 1. The molecule has 0 aliphatic rings. The monoisotopic (exact) mass is 729 g/mol. The van der Waals surface area contributed by atoms with Crippen molar-refractivity contribution in [1.82, 2.24) is 10.2 Å². The van der Waals surface area contributed by atoms with E-state index in [2.05, 4.69) is 21.2 Å². The van der Waals surface area contributed by atoms with Crippen LogP contribution in [0.3, 0.4) is 0 Å². The van der Waals surface area contributed by atoms with Crippen LogP contribution < -0.4 is 9.62 Å². The number of carbonyl (C=O) groups is 2. The van der Waals surface area contributed by atoms with Gasteiger partial charge in [-0.1, -0.05) is 101 Å². The number of rotatable bonds is 13. The van der Waals surface area contributed by atoms with Crippen LogP contribution in [0.5, 0.6) is 0 Å². The van der Waals surface area contributed by atoms with E-state index in [1.54, 1.807) is 60.7 Å². The van der Waals surface area contributed by atoms with Crippen LogP contribution in [0.1, 0.15) is 31.4 Å². The Morgan fingerprint density at radius 3 is 2.11 bits per heavy atom. The summed E-state index contributed by atoms with van der Waals surface area (Å²) in [6, 6.07) is 27.7. The minimum Gasteiger partial charge on any atom is -0.352 e. The van der Waals surface area contributed by atoms with E-state index in [0.29, 0.717) is 27.7 Å². The van der Waals surface area contributed by atoms with Gasteiger partial charge >= 0.3 is 0 Å². The first kappa shape index (κ1) is 34.5. The maximum atomic E-state index is 14.5. The molecule has 0 saturated heterocycles. The summed E-state index contributed by atoms with van der Waals surface area (Å²) in [6.45, 7) is 3.23. The highest BCUT2D eigenvalue weighted by Gasteiger charge is 2.35. The molecule has 11 heteroatoms. The molecule has 45 heavy (non-hydrogen) atoms. The van der Waals surface area contributed by atoms with Gasteiger partial charge in [0.2, 0.25) is 11.8 Å². The lowest BCUT2D eigenvalue weighted by molar-refractivity contribution is -0.140. The standard InChI is InChI=1S/C34H34BrCl2N3O4S/c1-3-24(2)38-34(42)32(20-25-10-6-4-7-11-25)39(22-26-14-17-28(36)21-31(26)37)33(41)23-40(29-18-15-27(35)16-19-29)45(43,44)30-12-8-5-9-13-30/h4-19,21,24,32H,3,20,22-23H2,1-2H3,(H,38,42)/t24-,32-/m0/s1. The Morgan fingerprint density at radius 2 is 1.51 bits per heavy atom. The Balaban J connectivity index is 1.82. The van der Waals surface area contributed by atoms with Gasteiger partial charge in [0, 0.05) is 33.5 Å². The van der Waals surface area contributed by atoms with Gasteiger partial charge < -0.3 is 10.2 Å². The van der Waals surface area contributed by atoms with E-state index in [1.807, 2.05) is 44.2 Å². The third-order valence-electron chi connectivity index (χ3n) is 7.35. The second-order valence-corrected chi connectivity index (χ2v) is 14.2. The molecule has 2 amide bonds. The van der Waals surface area contributed by atoms with Crippen molar-refractivity contribution < 1.29 is 18.0 Å². The Hall–Kier alpha value is -3.37. The third kappa shape index (κ3) is 9.10. The fraction of sp³-hybridized carbons (Fsp3) is 0.235. The summed E-state index contributed by atoms with van der Waals surface area (Å²) in [5.74, 6) is -0.934. The SMILES string of the molecule is CC[C@H](C)NC(=O)[C@H](Cc1ccccc1)N(Cc1ccc(Cl)cc1Cl)C(=O)CN(c1ccc(Br)cc1)S(=O)(=O)c1ccccc1. The van der Waals surface area contributed by atoms with Crippen LogP contribution in [-0.2, 0) is 32.6 Å². The number of amides is 2. The quantitative estimate of drug-likeness (QED) is 0.154. The molecular weight excluding hydrogens is 697 g/mol. The first-order chi connectivity index (χ1) is 21.5. The second-order valence-electron chi connectivity index (χ2n) is 10.6. The van der Waals surface area contributed by atoms with Crippen LogP contribution >= 0.6 is 39.1 Å². The zero-order valence-electron chi connectivity index (χ0n) is 24.9. The number of hydrogen-bond acceptors (Lipinski definition) is 4. The van der Waals surface area contributed by atoms with Gasteiger partial charge in [0.25, 0.3) is 10.0 Å². The van der Waals surface area contributed by atoms with Crippen molar-refractivity contribution in [2.75, 3.05) is 10.8 Å². The molecule has 0 bridgehead atoms. The van der Waals surface area contributed by atoms with Crippen molar-refractivity contribution in [2.45, 2.75) is 50.2 Å². The van der Waals surface area contributed by atoms with E-state index in [4.69, 9.17) is 23.2 Å². The zero-order chi connectivity index (χ0) is 32.6. The highest BCUT2D eigenvalue weighted by molar-refractivity contribution is 9.10. The molecule has 7 nitrogen and oxygen atoms in total. The smallest absolute Gasteiger partial charge is 0.264 e. The van der Waals surface area contributed by atoms with Crippen LogP contribution in [0.4, 0.5) is 5.69 Å². The Kier molecular flexibility index (Phi) is 12.1. The minimum absolute atomic E-state index is 0.0309. The van der Waals surface area contributed by atoms with E-state index in [9.17, 15) is 18.0 Å². The van der Waals surface area contributed by atoms with E-state index in [0.717, 1.165) is 14.3 Å². The third-order valence-corrected chi connectivity index (χ3v) is 10.3. The molecule has 0 aliphatic carbocycles. The van der Waals surface area contributed by atoms with Crippen molar-refractivity contribution in [3.63, 3.8) is 0 Å². The predicted molar refractivity (Wildman–Crippen MR) is 184 cm³/mol. The van der Waals surface area contributed by atoms with Gasteiger partial charge in [-0.2, -0.15) is 0 Å². The molecule has 4 aromatic carbocycles. The maximum Gasteiger partial charge on any atom is 0.264 e. The van der Waals surface area contributed by atoms with Crippen LogP contribution in [0.25, 0.3) is 0 Å². The fourth-order valence-electron chi connectivity index (χ4n) is 4.68. The molecule has 2 atom stereocenters. The number of carbonyl (C=O) groups excluding carboxylic acids is 2. The molecule has 0 heterocycles. The molecule has 0 spiro atoms. The van der Waals surface area contributed by atoms with Gasteiger partial charge in [-0.3, -0.25) is 13.9 Å². The molecule has 0 unspecified atom stereocenters. The lowest BCUT2D eigenvalue weighted by Gasteiger charge is -2.34. The molecule has 0 aliphatic heterocycles. The van der Waals surface area contributed by atoms with E-state index in [-0.39, 0.29) is 29.8 Å². The molecule has 0 aromatic heterocycles. The molecule has 0 saturated carbocycles. The van der Waals surface area contributed by atoms with Crippen molar-refractivity contribution >= 4 is 66.7 Å². The summed E-state index contributed by atoms with van der Waals surface area (Å²) in [6.07, 6.45) is 0.886. The van der Waals surface area contributed by atoms with Crippen LogP contribution in [0.2, 0.25) is 10.0 Å². The second kappa shape index (κ2) is 15.8. The highest BCUT2D eigenvalue weighted by atomic mass is 79.9. The van der Waals surface area contributed by atoms with Crippen molar-refractivity contribution in [3.8, 4) is 0 Å². The lowest BCUT2D eigenvalue weighted by Crippen LogP contribution is -2.54. The summed E-state index contributed by atoms with van der Waals surface area (Å²) < 4.78 is 29.9. The van der Waals surface area contributed by atoms with Gasteiger partial charge in [0.05, 0.1) is 10.6 Å². The average molecular weight is 732 g/mol. The minimum atomic E-state index is -4.18. The maximum absolute atomic E-state index is 14.5. The molecule has 0 fully saturated rings. The van der Waals surface area contributed by atoms with Crippen LogP contribution in [-0.4, -0.2) is 43.8 Å². The number of nitrogens with one attached hydrogen (secondary N) is 1. The Morgan fingerprint density at radius 1 is 0.889 bits per heavy atom. The average Bonchev–Trinajstić information content (AvgIpc) is 3.03. The highest BCUT2D eigenvalue weighted by Crippen LogP contribution is 2.28. The molecule has 1 N–H and O–H groups in total. The van der Waals surface area contributed by atoms with Crippen LogP contribution in [0.15, 0.2) is 112 Å². The van der Waals surface area contributed by atoms with E-state index in [1.165, 1.54) is 17.0 Å². The van der Waals surface area contributed by atoms with E-state index < -0.39 is 28.5 Å². The number of halogens is 3. The van der Waals surface area contributed by atoms with E-state index >= 15 is 0 Å². The van der Waals surface area contributed by atoms with Gasteiger partial charge in [-0.05, 0) is 73.0 Å². The van der Waals surface area contributed by atoms with Crippen molar-refractivity contribution in [1.29, 1.82) is 0 Å². The summed E-state index contributed by atoms with van der Waals surface area (Å²) in [5, 5.41) is 3.76. The normalized spacial score (nSPS) is 12.6. The zero-order valence-corrected chi connectivity index (χ0v) is 28.8. The molecule has 236 valence electrons. The largest absolute Gasteiger partial charge is 0.352 e. The van der Waals surface area contributed by atoms with Gasteiger partial charge in [0.1, 0.15) is 12.6 Å². The van der Waals surface area contributed by atoms with Crippen molar-refractivity contribution in [3.05, 3.63) is 129 Å². The molecule has 4 rings (SSSR count). The van der Waals surface area contributed by atoms with Gasteiger partial charge in [0.15, 0.2) is 0 Å². The number of nitrogens with zero attached hydrogens (tertiary/aromatic N) is 2. The number of hydrogen-bond donors (Lipinski definition) is 1. The Labute approximate surface area is 283 Å². The molecule has 0 radical (unpaired) electrons. The lowest BCUT2D eigenvalue weighted by atomic mass is 10.0. The number of sulfonamides is 1. The molecule has 4 aromatic rings. The first-order valence-corrected chi connectivity index (χ1v) is 17.4. The predicted octanol–water partition coefficient (Wildman–Crippen LogP) is 7.51. The van der Waals surface area contributed by atoms with Gasteiger partial charge in [-0.25, -0.2) is 8.42 Å². The summed E-state index contributed by atoms with van der Waals surface area (Å²) in [7, 11) is -4.18. The fourth-order valence-corrected chi connectivity index (χ4v) is 6.85.